The number of urea groups is 1. The molecule has 2 rings (SSSR count). The lowest BCUT2D eigenvalue weighted by Gasteiger charge is -2.31. The molecule has 2 amide bonds. The molecule has 0 aromatic heterocycles. The van der Waals surface area contributed by atoms with Crippen molar-refractivity contribution in [2.75, 3.05) is 18.6 Å². The predicted molar refractivity (Wildman–Crippen MR) is 68.3 cm³/mol. The zero-order chi connectivity index (χ0) is 12.4. The number of hydrogen-bond acceptors (Lipinski definition) is 2. The van der Waals surface area contributed by atoms with Crippen LogP contribution in [0.2, 0.25) is 0 Å². The van der Waals surface area contributed by atoms with E-state index in [0.29, 0.717) is 12.6 Å². The fourth-order valence-corrected chi connectivity index (χ4v) is 1.99. The van der Waals surface area contributed by atoms with Crippen LogP contribution in [0.4, 0.5) is 10.5 Å². The molecule has 0 saturated carbocycles. The van der Waals surface area contributed by atoms with Crippen molar-refractivity contribution >= 4 is 17.7 Å². The van der Waals surface area contributed by atoms with Crippen LogP contribution in [0.1, 0.15) is 11.1 Å². The summed E-state index contributed by atoms with van der Waals surface area (Å²) >= 11 is 0. The van der Waals surface area contributed by atoms with Crippen molar-refractivity contribution in [2.45, 2.75) is 13.8 Å². The van der Waals surface area contributed by atoms with Crippen molar-refractivity contribution in [3.05, 3.63) is 29.3 Å². The molecule has 5 nitrogen and oxygen atoms in total. The third kappa shape index (κ3) is 2.08. The van der Waals surface area contributed by atoms with E-state index < -0.39 is 0 Å². The maximum absolute atomic E-state index is 12.0. The molecule has 0 bridgehead atoms. The molecule has 1 saturated heterocycles. The van der Waals surface area contributed by atoms with Gasteiger partial charge in [0.25, 0.3) is 0 Å². The summed E-state index contributed by atoms with van der Waals surface area (Å²) in [5.41, 5.74) is 3.12. The number of hydrogen-bond donors (Lipinski definition) is 2. The average Bonchev–Trinajstić information content (AvgIpc) is 2.30. The number of para-hydroxylation sites is 1. The van der Waals surface area contributed by atoms with E-state index in [1.165, 1.54) is 0 Å². The highest BCUT2D eigenvalue weighted by atomic mass is 16.2. The van der Waals surface area contributed by atoms with Gasteiger partial charge < -0.3 is 5.32 Å². The minimum atomic E-state index is -0.151. The van der Waals surface area contributed by atoms with Crippen molar-refractivity contribution in [3.8, 4) is 0 Å². The van der Waals surface area contributed by atoms with Crippen molar-refractivity contribution in [1.29, 1.82) is 0 Å². The molecule has 1 aliphatic heterocycles. The van der Waals surface area contributed by atoms with Gasteiger partial charge in [-0.15, -0.1) is 0 Å². The van der Waals surface area contributed by atoms with Gasteiger partial charge in [0.2, 0.25) is 5.96 Å². The molecular formula is C12H16N4O. The van der Waals surface area contributed by atoms with Gasteiger partial charge >= 0.3 is 6.03 Å². The summed E-state index contributed by atoms with van der Waals surface area (Å²) < 4.78 is 0. The van der Waals surface area contributed by atoms with Crippen LogP contribution < -0.4 is 15.5 Å². The van der Waals surface area contributed by atoms with E-state index in [1.807, 2.05) is 32.0 Å². The predicted octanol–water partition coefficient (Wildman–Crippen LogP) is 1.37. The van der Waals surface area contributed by atoms with E-state index in [2.05, 4.69) is 15.6 Å². The van der Waals surface area contributed by atoms with Gasteiger partial charge in [-0.2, -0.15) is 0 Å². The molecule has 5 heteroatoms. The van der Waals surface area contributed by atoms with Gasteiger partial charge in [-0.25, -0.2) is 4.79 Å². The van der Waals surface area contributed by atoms with Crippen LogP contribution in [0.25, 0.3) is 0 Å². The van der Waals surface area contributed by atoms with Crippen LogP contribution >= 0.6 is 0 Å². The summed E-state index contributed by atoms with van der Waals surface area (Å²) in [7, 11) is 1.64. The van der Waals surface area contributed by atoms with Gasteiger partial charge in [0.15, 0.2) is 0 Å². The second-order valence-corrected chi connectivity index (χ2v) is 4.01. The van der Waals surface area contributed by atoms with Gasteiger partial charge in [-0.3, -0.25) is 15.2 Å². The molecule has 1 aliphatic rings. The molecule has 1 aromatic carbocycles. The third-order valence-corrected chi connectivity index (χ3v) is 2.81. The Labute approximate surface area is 101 Å². The smallest absolute Gasteiger partial charge is 0.330 e. The number of aryl methyl sites for hydroxylation is 2. The highest BCUT2D eigenvalue weighted by Gasteiger charge is 2.24. The maximum Gasteiger partial charge on any atom is 0.330 e. The quantitative estimate of drug-likeness (QED) is 0.768. The van der Waals surface area contributed by atoms with Crippen LogP contribution in [-0.4, -0.2) is 25.7 Å². The van der Waals surface area contributed by atoms with Gasteiger partial charge in [-0.1, -0.05) is 18.2 Å². The lowest BCUT2D eigenvalue weighted by atomic mass is 10.1. The van der Waals surface area contributed by atoms with E-state index in [4.69, 9.17) is 0 Å². The van der Waals surface area contributed by atoms with Gasteiger partial charge in [0.05, 0.1) is 12.4 Å². The lowest BCUT2D eigenvalue weighted by molar-refractivity contribution is 0.248. The Balaban J connectivity index is 2.33. The summed E-state index contributed by atoms with van der Waals surface area (Å²) in [5.74, 6) is 0.512. The first-order valence-corrected chi connectivity index (χ1v) is 5.49. The average molecular weight is 232 g/mol. The van der Waals surface area contributed by atoms with Crippen LogP contribution in [0.3, 0.4) is 0 Å². The second kappa shape index (κ2) is 4.45. The maximum atomic E-state index is 12.0. The molecule has 17 heavy (non-hydrogen) atoms. The summed E-state index contributed by atoms with van der Waals surface area (Å²) in [6, 6.07) is 5.84. The number of benzene rings is 1. The highest BCUT2D eigenvalue weighted by Crippen LogP contribution is 2.24. The summed E-state index contributed by atoms with van der Waals surface area (Å²) in [6.45, 7) is 4.43. The summed E-state index contributed by atoms with van der Waals surface area (Å²) in [5, 5.41) is 5.74. The Bertz CT molecular complexity index is 461. The van der Waals surface area contributed by atoms with Crippen molar-refractivity contribution in [2.24, 2.45) is 4.99 Å². The van der Waals surface area contributed by atoms with Crippen LogP contribution in [0, 0.1) is 13.8 Å². The molecule has 90 valence electrons. The van der Waals surface area contributed by atoms with Crippen molar-refractivity contribution < 1.29 is 4.79 Å². The number of rotatable bonds is 1. The highest BCUT2D eigenvalue weighted by molar-refractivity contribution is 6.06. The standard InChI is InChI=1S/C12H16N4O/c1-8-5-4-6-9(2)10(8)16-7-14-11(13-3)15-12(16)17/h4-6H,7H2,1-3H3,(H2,13,14,15,17). The van der Waals surface area contributed by atoms with Crippen molar-refractivity contribution in [1.82, 2.24) is 10.6 Å². The van der Waals surface area contributed by atoms with Crippen LogP contribution in [0.5, 0.6) is 0 Å². The largest absolute Gasteiger partial charge is 0.338 e. The number of nitrogens with one attached hydrogen (secondary N) is 2. The van der Waals surface area contributed by atoms with E-state index in [-0.39, 0.29) is 6.03 Å². The van der Waals surface area contributed by atoms with Gasteiger partial charge in [-0.05, 0) is 25.0 Å². The molecular weight excluding hydrogens is 216 g/mol. The Morgan fingerprint density at radius 3 is 2.47 bits per heavy atom. The lowest BCUT2D eigenvalue weighted by Crippen LogP contribution is -2.58. The van der Waals surface area contributed by atoms with Gasteiger partial charge in [0, 0.05) is 7.05 Å². The number of carbonyl (C=O) groups is 1. The Kier molecular flexibility index (Phi) is 2.99. The van der Waals surface area contributed by atoms with Crippen molar-refractivity contribution in [3.63, 3.8) is 0 Å². The number of nitrogens with zero attached hydrogens (tertiary/aromatic N) is 2. The molecule has 0 unspecified atom stereocenters. The Morgan fingerprint density at radius 1 is 1.29 bits per heavy atom. The summed E-state index contributed by atoms with van der Waals surface area (Å²) in [4.78, 5) is 17.6. The first kappa shape index (κ1) is 11.4. The molecule has 1 fully saturated rings. The minimum Gasteiger partial charge on any atom is -0.338 e. The number of amides is 2. The molecule has 0 radical (unpaired) electrons. The molecule has 0 atom stereocenters. The molecule has 1 heterocycles. The van der Waals surface area contributed by atoms with Crippen LogP contribution in [-0.2, 0) is 0 Å². The number of aliphatic imine (C=N–C) groups is 1. The fraction of sp³-hybridized carbons (Fsp3) is 0.333. The normalized spacial score (nSPS) is 17.9. The first-order valence-electron chi connectivity index (χ1n) is 5.49. The van der Waals surface area contributed by atoms with E-state index in [1.54, 1.807) is 11.9 Å². The Hall–Kier alpha value is -2.04. The molecule has 0 spiro atoms. The minimum absolute atomic E-state index is 0.151. The topological polar surface area (TPSA) is 56.7 Å². The third-order valence-electron chi connectivity index (χ3n) is 2.81. The number of carbonyl (C=O) groups excluding carboxylic acids is 1. The zero-order valence-electron chi connectivity index (χ0n) is 10.2. The molecule has 2 N–H and O–H groups in total. The summed E-state index contributed by atoms with van der Waals surface area (Å²) in [6.07, 6.45) is 0. The van der Waals surface area contributed by atoms with E-state index >= 15 is 0 Å². The Morgan fingerprint density at radius 2 is 1.94 bits per heavy atom. The fourth-order valence-electron chi connectivity index (χ4n) is 1.99. The number of guanidine groups is 1. The van der Waals surface area contributed by atoms with Crippen LogP contribution in [0.15, 0.2) is 23.2 Å². The zero-order valence-corrected chi connectivity index (χ0v) is 10.2. The van der Waals surface area contributed by atoms with E-state index in [0.717, 1.165) is 16.8 Å². The first-order chi connectivity index (χ1) is 8.13. The van der Waals surface area contributed by atoms with E-state index in [9.17, 15) is 4.79 Å². The monoisotopic (exact) mass is 232 g/mol. The molecule has 1 aromatic rings. The number of anilines is 1. The van der Waals surface area contributed by atoms with Gasteiger partial charge in [0.1, 0.15) is 0 Å². The second-order valence-electron chi connectivity index (χ2n) is 4.01. The SMILES string of the molecule is CN=C1NCN(c2c(C)cccc2C)C(=O)N1. The molecule has 0 aliphatic carbocycles.